The zero-order chi connectivity index (χ0) is 26.0. The van der Waals surface area contributed by atoms with Gasteiger partial charge in [0.25, 0.3) is 0 Å². The highest BCUT2D eigenvalue weighted by atomic mass is 16.6. The Balaban J connectivity index is 2.01. The van der Waals surface area contributed by atoms with Crippen molar-refractivity contribution in [3.8, 4) is 0 Å². The van der Waals surface area contributed by atoms with Gasteiger partial charge in [-0.2, -0.15) is 0 Å². The van der Waals surface area contributed by atoms with E-state index >= 15 is 0 Å². The van der Waals surface area contributed by atoms with E-state index in [1.807, 2.05) is 27.7 Å². The number of unbranched alkanes of at least 4 members (excludes halogenated alkanes) is 2. The topological polar surface area (TPSA) is 96.4 Å². The molecule has 35 heavy (non-hydrogen) atoms. The summed E-state index contributed by atoms with van der Waals surface area (Å²) in [5, 5.41) is 9.17. The number of hydrogen-bond acceptors (Lipinski definition) is 6. The number of aliphatic hydroxyl groups excluding tert-OH is 1. The fourth-order valence-corrected chi connectivity index (χ4v) is 6.18. The number of amides is 2. The Morgan fingerprint density at radius 1 is 1.23 bits per heavy atom. The standard InChI is InChI=1S/C27H42N2O6/c1-7-9-18-34-24(33)20-19-22(31)28(16-11-10-12-17-30)21(27(19)14-13-26(20,6)35-27)23(32)29(15-8-2)25(3,4)5/h7-8,19-21,30H,1-2,9-18H2,3-6H3/t19-,20+,21?,26-,27?/m0/s1. The van der Waals surface area contributed by atoms with Gasteiger partial charge in [0.1, 0.15) is 17.6 Å². The Labute approximate surface area is 209 Å². The van der Waals surface area contributed by atoms with Crippen LogP contribution in [0, 0.1) is 11.8 Å². The van der Waals surface area contributed by atoms with E-state index < -0.39 is 40.6 Å². The molecule has 3 saturated heterocycles. The van der Waals surface area contributed by atoms with Crippen LogP contribution in [0.5, 0.6) is 0 Å². The number of carbonyl (C=O) groups is 3. The van der Waals surface area contributed by atoms with Gasteiger partial charge in [-0.15, -0.1) is 13.2 Å². The summed E-state index contributed by atoms with van der Waals surface area (Å²) in [4.78, 5) is 44.7. The largest absolute Gasteiger partial charge is 0.465 e. The molecule has 0 aromatic carbocycles. The fourth-order valence-electron chi connectivity index (χ4n) is 6.18. The highest BCUT2D eigenvalue weighted by Crippen LogP contribution is 2.63. The van der Waals surface area contributed by atoms with Crippen molar-refractivity contribution >= 4 is 17.8 Å². The molecule has 196 valence electrons. The van der Waals surface area contributed by atoms with Gasteiger partial charge in [0.05, 0.1) is 18.1 Å². The summed E-state index contributed by atoms with van der Waals surface area (Å²) in [6.07, 6.45) is 7.03. The van der Waals surface area contributed by atoms with Gasteiger partial charge in [0.2, 0.25) is 11.8 Å². The second kappa shape index (κ2) is 10.4. The van der Waals surface area contributed by atoms with Crippen molar-refractivity contribution in [1.29, 1.82) is 0 Å². The predicted molar refractivity (Wildman–Crippen MR) is 132 cm³/mol. The summed E-state index contributed by atoms with van der Waals surface area (Å²) >= 11 is 0. The van der Waals surface area contributed by atoms with E-state index in [2.05, 4.69) is 13.2 Å². The number of esters is 1. The molecule has 1 N–H and O–H groups in total. The fraction of sp³-hybridized carbons (Fsp3) is 0.741. The first-order chi connectivity index (χ1) is 16.5. The monoisotopic (exact) mass is 490 g/mol. The zero-order valence-electron chi connectivity index (χ0n) is 21.8. The zero-order valence-corrected chi connectivity index (χ0v) is 21.8. The minimum atomic E-state index is -1.06. The molecule has 5 atom stereocenters. The molecule has 0 aromatic rings. The van der Waals surface area contributed by atoms with Gasteiger partial charge in [-0.1, -0.05) is 12.2 Å². The van der Waals surface area contributed by atoms with Crippen molar-refractivity contribution < 1.29 is 29.0 Å². The molecule has 1 spiro atoms. The quantitative estimate of drug-likeness (QED) is 0.257. The Hall–Kier alpha value is -2.19. The number of ether oxygens (including phenoxy) is 2. The Morgan fingerprint density at radius 2 is 1.94 bits per heavy atom. The molecule has 8 heteroatoms. The SMILES string of the molecule is C=CCCOC(=O)[C@H]1[C@H]2C(=O)N(CCCCCO)C(C(=O)N(CC=C)C(C)(C)C)C23CC[C@]1(C)O3. The summed E-state index contributed by atoms with van der Waals surface area (Å²) in [7, 11) is 0. The summed E-state index contributed by atoms with van der Waals surface area (Å²) < 4.78 is 12.1. The minimum Gasteiger partial charge on any atom is -0.465 e. The number of hydrogen-bond donors (Lipinski definition) is 1. The van der Waals surface area contributed by atoms with E-state index in [1.165, 1.54) is 0 Å². The highest BCUT2D eigenvalue weighted by Gasteiger charge is 2.78. The molecule has 3 aliphatic rings. The lowest BCUT2D eigenvalue weighted by atomic mass is 9.66. The molecule has 3 heterocycles. The van der Waals surface area contributed by atoms with Crippen LogP contribution >= 0.6 is 0 Å². The number of carbonyl (C=O) groups excluding carboxylic acids is 3. The average molecular weight is 491 g/mol. The maximum Gasteiger partial charge on any atom is 0.312 e. The normalized spacial score (nSPS) is 31.4. The molecule has 2 amide bonds. The Morgan fingerprint density at radius 3 is 2.54 bits per heavy atom. The number of rotatable bonds is 12. The summed E-state index contributed by atoms with van der Waals surface area (Å²) in [5.74, 6) is -2.35. The number of likely N-dealkylation sites (tertiary alicyclic amines) is 1. The van der Waals surface area contributed by atoms with Crippen LogP contribution in [-0.2, 0) is 23.9 Å². The van der Waals surface area contributed by atoms with Gasteiger partial charge in [0, 0.05) is 25.2 Å². The first-order valence-electron chi connectivity index (χ1n) is 12.8. The molecule has 3 aliphatic heterocycles. The van der Waals surface area contributed by atoms with E-state index in [0.717, 1.165) is 6.42 Å². The van der Waals surface area contributed by atoms with Gasteiger partial charge < -0.3 is 24.4 Å². The van der Waals surface area contributed by atoms with Gasteiger partial charge in [-0.25, -0.2) is 0 Å². The lowest BCUT2D eigenvalue weighted by Gasteiger charge is -2.42. The third-order valence-electron chi connectivity index (χ3n) is 7.78. The molecule has 0 radical (unpaired) electrons. The van der Waals surface area contributed by atoms with Gasteiger partial charge in [-0.05, 0) is 66.2 Å². The molecule has 0 saturated carbocycles. The average Bonchev–Trinajstić information content (AvgIpc) is 3.35. The molecular weight excluding hydrogens is 448 g/mol. The third kappa shape index (κ3) is 4.79. The van der Waals surface area contributed by atoms with Crippen molar-refractivity contribution in [3.63, 3.8) is 0 Å². The van der Waals surface area contributed by atoms with Gasteiger partial charge >= 0.3 is 5.97 Å². The molecule has 2 unspecified atom stereocenters. The van der Waals surface area contributed by atoms with Crippen molar-refractivity contribution in [3.05, 3.63) is 25.3 Å². The van der Waals surface area contributed by atoms with Crippen LogP contribution in [0.1, 0.15) is 66.2 Å². The number of fused-ring (bicyclic) bond motifs is 1. The summed E-state index contributed by atoms with van der Waals surface area (Å²) in [6.45, 7) is 16.2. The van der Waals surface area contributed by atoms with Crippen molar-refractivity contribution in [1.82, 2.24) is 9.80 Å². The molecule has 0 aliphatic carbocycles. The number of aliphatic hydroxyl groups is 1. The number of nitrogens with zero attached hydrogens (tertiary/aromatic N) is 2. The van der Waals surface area contributed by atoms with Crippen LogP contribution in [0.2, 0.25) is 0 Å². The third-order valence-corrected chi connectivity index (χ3v) is 7.78. The van der Waals surface area contributed by atoms with Crippen LogP contribution in [0.3, 0.4) is 0 Å². The Kier molecular flexibility index (Phi) is 8.16. The van der Waals surface area contributed by atoms with Crippen LogP contribution in [0.25, 0.3) is 0 Å². The van der Waals surface area contributed by atoms with Gasteiger partial charge in [0.15, 0.2) is 0 Å². The van der Waals surface area contributed by atoms with Crippen LogP contribution < -0.4 is 0 Å². The molecule has 0 aromatic heterocycles. The minimum absolute atomic E-state index is 0.0834. The second-order valence-electron chi connectivity index (χ2n) is 11.2. The lowest BCUT2D eigenvalue weighted by Crippen LogP contribution is -2.60. The van der Waals surface area contributed by atoms with E-state index in [4.69, 9.17) is 9.47 Å². The molecule has 8 nitrogen and oxygen atoms in total. The Bertz CT molecular complexity index is 851. The van der Waals surface area contributed by atoms with Crippen molar-refractivity contribution in [2.45, 2.75) is 89.0 Å². The van der Waals surface area contributed by atoms with E-state index in [-0.39, 0.29) is 25.0 Å². The van der Waals surface area contributed by atoms with Crippen LogP contribution in [0.4, 0.5) is 0 Å². The molecule has 3 rings (SSSR count). The van der Waals surface area contributed by atoms with E-state index in [1.54, 1.807) is 22.0 Å². The first kappa shape index (κ1) is 27.4. The molecule has 2 bridgehead atoms. The van der Waals surface area contributed by atoms with Crippen molar-refractivity contribution in [2.24, 2.45) is 11.8 Å². The van der Waals surface area contributed by atoms with E-state index in [0.29, 0.717) is 45.2 Å². The van der Waals surface area contributed by atoms with E-state index in [9.17, 15) is 19.5 Å². The summed E-state index contributed by atoms with van der Waals surface area (Å²) in [6, 6.07) is -0.818. The second-order valence-corrected chi connectivity index (χ2v) is 11.2. The van der Waals surface area contributed by atoms with Crippen molar-refractivity contribution in [2.75, 3.05) is 26.3 Å². The van der Waals surface area contributed by atoms with Gasteiger partial charge in [-0.3, -0.25) is 14.4 Å². The smallest absolute Gasteiger partial charge is 0.312 e. The molecular formula is C27H42N2O6. The lowest BCUT2D eigenvalue weighted by molar-refractivity contribution is -0.161. The van der Waals surface area contributed by atoms with Crippen LogP contribution in [-0.4, -0.2) is 81.8 Å². The maximum atomic E-state index is 14.2. The molecule has 3 fully saturated rings. The van der Waals surface area contributed by atoms with Crippen LogP contribution in [0.15, 0.2) is 25.3 Å². The first-order valence-corrected chi connectivity index (χ1v) is 12.8. The summed E-state index contributed by atoms with van der Waals surface area (Å²) in [5.41, 5.74) is -2.40. The predicted octanol–water partition coefficient (Wildman–Crippen LogP) is 2.85. The maximum absolute atomic E-state index is 14.2. The highest BCUT2D eigenvalue weighted by molar-refractivity contribution is 5.98.